The molecule has 152 valence electrons. The molecule has 2 fully saturated rings. The minimum Gasteiger partial charge on any atom is -0.444 e. The highest BCUT2D eigenvalue weighted by atomic mass is 127. The van der Waals surface area contributed by atoms with E-state index in [1.54, 1.807) is 11.9 Å². The number of halogens is 1. The van der Waals surface area contributed by atoms with Crippen LogP contribution >= 0.6 is 24.0 Å². The second-order valence-corrected chi connectivity index (χ2v) is 7.83. The monoisotopic (exact) mass is 482 g/mol. The summed E-state index contributed by atoms with van der Waals surface area (Å²) >= 11 is 0. The van der Waals surface area contributed by atoms with Gasteiger partial charge in [0.25, 0.3) is 0 Å². The Balaban J connectivity index is 0.00000338. The van der Waals surface area contributed by atoms with Gasteiger partial charge in [-0.1, -0.05) is 6.92 Å². The number of nitrogens with zero attached hydrogens (tertiary/aromatic N) is 2. The molecule has 2 aliphatic heterocycles. The van der Waals surface area contributed by atoms with Crippen LogP contribution in [-0.4, -0.2) is 67.5 Å². The highest BCUT2D eigenvalue weighted by Crippen LogP contribution is 2.34. The maximum atomic E-state index is 12.3. The van der Waals surface area contributed by atoms with E-state index in [1.807, 2.05) is 20.8 Å². The van der Waals surface area contributed by atoms with Crippen molar-refractivity contribution in [2.24, 2.45) is 4.99 Å². The van der Waals surface area contributed by atoms with Gasteiger partial charge in [-0.25, -0.2) is 4.79 Å². The molecule has 0 radical (unpaired) electrons. The summed E-state index contributed by atoms with van der Waals surface area (Å²) in [5, 5.41) is 6.75. The number of aliphatic imine (C=N–C) groups is 1. The van der Waals surface area contributed by atoms with E-state index in [9.17, 15) is 4.79 Å². The predicted octanol–water partition coefficient (Wildman–Crippen LogP) is 2.74. The first-order valence-corrected chi connectivity index (χ1v) is 9.43. The number of rotatable bonds is 6. The molecule has 2 bridgehead atoms. The number of amides is 1. The summed E-state index contributed by atoms with van der Waals surface area (Å²) in [6.07, 6.45) is 4.70. The van der Waals surface area contributed by atoms with Crippen LogP contribution in [-0.2, 0) is 9.47 Å². The molecule has 2 N–H and O–H groups in total. The average Bonchev–Trinajstić information content (AvgIpc) is 3.14. The molecule has 0 aromatic rings. The lowest BCUT2D eigenvalue weighted by Crippen LogP contribution is -2.49. The number of hydrogen-bond donors (Lipinski definition) is 2. The molecule has 2 aliphatic rings. The van der Waals surface area contributed by atoms with Gasteiger partial charge < -0.3 is 25.0 Å². The first kappa shape index (κ1) is 23.3. The third-order valence-corrected chi connectivity index (χ3v) is 4.47. The van der Waals surface area contributed by atoms with Gasteiger partial charge in [0.2, 0.25) is 0 Å². The number of fused-ring (bicyclic) bond motifs is 2. The maximum absolute atomic E-state index is 12.3. The van der Waals surface area contributed by atoms with E-state index >= 15 is 0 Å². The summed E-state index contributed by atoms with van der Waals surface area (Å²) in [7, 11) is 1.76. The Morgan fingerprint density at radius 1 is 1.31 bits per heavy atom. The van der Waals surface area contributed by atoms with Crippen molar-refractivity contribution < 1.29 is 14.3 Å². The summed E-state index contributed by atoms with van der Waals surface area (Å²) in [5.74, 6) is 0.766. The number of guanidine groups is 1. The lowest BCUT2D eigenvalue weighted by molar-refractivity contribution is 0.0253. The summed E-state index contributed by atoms with van der Waals surface area (Å²) in [4.78, 5) is 18.3. The molecule has 2 saturated heterocycles. The zero-order valence-electron chi connectivity index (χ0n) is 16.7. The molecule has 1 amide bonds. The second kappa shape index (κ2) is 10.5. The van der Waals surface area contributed by atoms with E-state index in [2.05, 4.69) is 22.5 Å². The first-order valence-electron chi connectivity index (χ1n) is 9.43. The van der Waals surface area contributed by atoms with Gasteiger partial charge in [-0.05, 0) is 46.5 Å². The van der Waals surface area contributed by atoms with Gasteiger partial charge in [0, 0.05) is 26.7 Å². The molecular weight excluding hydrogens is 447 g/mol. The van der Waals surface area contributed by atoms with Gasteiger partial charge in [0.15, 0.2) is 5.96 Å². The minimum absolute atomic E-state index is 0. The lowest BCUT2D eigenvalue weighted by atomic mass is 9.96. The molecule has 8 heteroatoms. The molecule has 2 heterocycles. The van der Waals surface area contributed by atoms with Crippen molar-refractivity contribution >= 4 is 36.0 Å². The summed E-state index contributed by atoms with van der Waals surface area (Å²) < 4.78 is 11.3. The number of carbonyl (C=O) groups excluding carboxylic acids is 1. The fourth-order valence-electron chi connectivity index (χ4n) is 3.36. The van der Waals surface area contributed by atoms with Gasteiger partial charge >= 0.3 is 6.09 Å². The molecule has 0 aromatic carbocycles. The van der Waals surface area contributed by atoms with Gasteiger partial charge in [-0.2, -0.15) is 0 Å². The Hall–Kier alpha value is -0.770. The maximum Gasteiger partial charge on any atom is 0.410 e. The van der Waals surface area contributed by atoms with Gasteiger partial charge in [-0.15, -0.1) is 24.0 Å². The Bertz CT molecular complexity index is 482. The van der Waals surface area contributed by atoms with Crippen molar-refractivity contribution in [2.45, 2.75) is 77.2 Å². The first-order chi connectivity index (χ1) is 11.8. The predicted molar refractivity (Wildman–Crippen MR) is 114 cm³/mol. The number of carbonyl (C=O) groups is 1. The Labute approximate surface area is 174 Å². The summed E-state index contributed by atoms with van der Waals surface area (Å²) in [5.41, 5.74) is -0.476. The molecule has 7 nitrogen and oxygen atoms in total. The largest absolute Gasteiger partial charge is 0.444 e. The smallest absolute Gasteiger partial charge is 0.410 e. The minimum atomic E-state index is -0.476. The Morgan fingerprint density at radius 2 is 2.04 bits per heavy atom. The van der Waals surface area contributed by atoms with E-state index in [-0.39, 0.29) is 30.1 Å². The lowest BCUT2D eigenvalue weighted by Gasteiger charge is -2.28. The average molecular weight is 482 g/mol. The van der Waals surface area contributed by atoms with Crippen LogP contribution in [0.4, 0.5) is 4.79 Å². The van der Waals surface area contributed by atoms with Crippen LogP contribution < -0.4 is 10.6 Å². The summed E-state index contributed by atoms with van der Waals surface area (Å²) in [6, 6.07) is 0.336. The van der Waals surface area contributed by atoms with Crippen molar-refractivity contribution in [3.63, 3.8) is 0 Å². The molecule has 0 saturated carbocycles. The number of hydrogen-bond acceptors (Lipinski definition) is 4. The third-order valence-electron chi connectivity index (χ3n) is 4.47. The zero-order valence-corrected chi connectivity index (χ0v) is 19.0. The van der Waals surface area contributed by atoms with Crippen molar-refractivity contribution in [3.05, 3.63) is 0 Å². The summed E-state index contributed by atoms with van der Waals surface area (Å²) in [6.45, 7) is 9.60. The normalized spacial score (nSPS) is 24.8. The molecule has 0 spiro atoms. The van der Waals surface area contributed by atoms with Crippen LogP contribution in [0.5, 0.6) is 0 Å². The van der Waals surface area contributed by atoms with Crippen molar-refractivity contribution in [1.29, 1.82) is 0 Å². The van der Waals surface area contributed by atoms with Gasteiger partial charge in [-0.3, -0.25) is 4.99 Å². The van der Waals surface area contributed by atoms with Crippen molar-refractivity contribution in [3.8, 4) is 0 Å². The molecule has 3 atom stereocenters. The van der Waals surface area contributed by atoms with Gasteiger partial charge in [0.05, 0.1) is 18.2 Å². The highest BCUT2D eigenvalue weighted by Gasteiger charge is 2.41. The molecular formula is C18H35IN4O3. The van der Waals surface area contributed by atoms with Crippen molar-refractivity contribution in [2.75, 3.05) is 26.7 Å². The highest BCUT2D eigenvalue weighted by molar-refractivity contribution is 14.0. The van der Waals surface area contributed by atoms with Crippen LogP contribution in [0.2, 0.25) is 0 Å². The topological polar surface area (TPSA) is 75.2 Å². The third kappa shape index (κ3) is 7.09. The standard InChI is InChI=1S/C18H34N4O3.HI/c1-6-10-22(17(23)25-18(2,3)4)11-9-20-16(19-5)21-14-12-13-7-8-15(14)24-13;/h13-15H,6-12H2,1-5H3,(H2,19,20,21);1H. The van der Waals surface area contributed by atoms with Crippen LogP contribution in [0.1, 0.15) is 53.4 Å². The molecule has 0 aromatic heterocycles. The fourth-order valence-corrected chi connectivity index (χ4v) is 3.36. The number of ether oxygens (including phenoxy) is 2. The van der Waals surface area contributed by atoms with E-state index in [4.69, 9.17) is 9.47 Å². The van der Waals surface area contributed by atoms with E-state index in [1.165, 1.54) is 6.42 Å². The zero-order chi connectivity index (χ0) is 18.4. The Morgan fingerprint density at radius 3 is 2.54 bits per heavy atom. The van der Waals surface area contributed by atoms with E-state index in [0.717, 1.165) is 25.2 Å². The van der Waals surface area contributed by atoms with Gasteiger partial charge in [0.1, 0.15) is 5.60 Å². The molecule has 2 rings (SSSR count). The number of nitrogens with one attached hydrogen (secondary N) is 2. The van der Waals surface area contributed by atoms with E-state index < -0.39 is 5.60 Å². The van der Waals surface area contributed by atoms with Crippen molar-refractivity contribution in [1.82, 2.24) is 15.5 Å². The Kier molecular flexibility index (Phi) is 9.43. The van der Waals surface area contributed by atoms with Crippen LogP contribution in [0.3, 0.4) is 0 Å². The van der Waals surface area contributed by atoms with E-state index in [0.29, 0.717) is 37.9 Å². The quantitative estimate of drug-likeness (QED) is 0.346. The van der Waals surface area contributed by atoms with Crippen LogP contribution in [0.25, 0.3) is 0 Å². The molecule has 3 unspecified atom stereocenters. The SMILES string of the molecule is CCCN(CCNC(=NC)NC1CC2CCC1O2)C(=O)OC(C)(C)C.I. The van der Waals surface area contributed by atoms with Crippen LogP contribution in [0, 0.1) is 0 Å². The molecule has 26 heavy (non-hydrogen) atoms. The second-order valence-electron chi connectivity index (χ2n) is 7.83. The fraction of sp³-hybridized carbons (Fsp3) is 0.889. The molecule has 0 aliphatic carbocycles. The van der Waals surface area contributed by atoms with Crippen LogP contribution in [0.15, 0.2) is 4.99 Å².